The molecule has 0 aliphatic carbocycles. The summed E-state index contributed by atoms with van der Waals surface area (Å²) in [5.74, 6) is -4.22. The van der Waals surface area contributed by atoms with Gasteiger partial charge in [0.25, 0.3) is 0 Å². The van der Waals surface area contributed by atoms with E-state index in [1.54, 1.807) is 20.8 Å². The van der Waals surface area contributed by atoms with Gasteiger partial charge < -0.3 is 10.6 Å². The molecule has 7 nitrogen and oxygen atoms in total. The van der Waals surface area contributed by atoms with Crippen molar-refractivity contribution in [3.63, 3.8) is 0 Å². The third kappa shape index (κ3) is 8.05. The van der Waals surface area contributed by atoms with Crippen LogP contribution in [0.1, 0.15) is 27.7 Å². The first-order valence-electron chi connectivity index (χ1n) is 10.2. The fraction of sp³-hybridized carbons (Fsp3) is 0.348. The minimum absolute atomic E-state index is 0.133. The maximum absolute atomic E-state index is 14.5. The molecule has 0 aliphatic heterocycles. The van der Waals surface area contributed by atoms with E-state index in [1.165, 1.54) is 37.3 Å². The molecule has 0 heterocycles. The Labute approximate surface area is 194 Å². The second-order valence-corrected chi connectivity index (χ2v) is 9.87. The smallest absolute Gasteiger partial charge is 0.243 e. The number of carbonyl (C=O) groups is 3. The highest BCUT2D eigenvalue weighted by molar-refractivity contribution is 7.86. The van der Waals surface area contributed by atoms with E-state index in [9.17, 15) is 27.4 Å². The lowest BCUT2D eigenvalue weighted by Gasteiger charge is -2.31. The number of amides is 3. The Morgan fingerprint density at radius 2 is 1.61 bits per heavy atom. The first-order chi connectivity index (χ1) is 15.4. The summed E-state index contributed by atoms with van der Waals surface area (Å²) in [5.41, 5.74) is -0.409. The van der Waals surface area contributed by atoms with Crippen LogP contribution in [0.25, 0.3) is 0 Å². The third-order valence-electron chi connectivity index (χ3n) is 4.35. The molecule has 0 aliphatic rings. The van der Waals surface area contributed by atoms with Crippen LogP contribution < -0.4 is 15.5 Å². The van der Waals surface area contributed by atoms with Crippen molar-refractivity contribution in [2.45, 2.75) is 39.3 Å². The van der Waals surface area contributed by atoms with Crippen LogP contribution in [-0.2, 0) is 25.2 Å². The Bertz CT molecular complexity index is 1040. The summed E-state index contributed by atoms with van der Waals surface area (Å²) in [6, 6.07) is 9.36. The van der Waals surface area contributed by atoms with E-state index in [2.05, 4.69) is 10.6 Å². The second kappa shape index (κ2) is 11.1. The average molecular weight is 480 g/mol. The van der Waals surface area contributed by atoms with Crippen LogP contribution in [-0.4, -0.2) is 45.0 Å². The molecule has 0 aromatic heterocycles. The molecule has 0 spiro atoms. The van der Waals surface area contributed by atoms with E-state index < -0.39 is 63.2 Å². The summed E-state index contributed by atoms with van der Waals surface area (Å²) >= 11 is 0. The molecule has 178 valence electrons. The van der Waals surface area contributed by atoms with Gasteiger partial charge in [-0.1, -0.05) is 12.1 Å². The molecule has 0 unspecified atom stereocenters. The first-order valence-corrected chi connectivity index (χ1v) is 11.6. The standard InChI is InChI=1S/C23H27F2N3O4S/c1-15(22(31)27-23(2,3)4)28(19-8-6-5-7-18(19)25)21(30)14-33(32)13-20(29)26-17-11-9-16(24)10-12-17/h5-12,15H,13-14H2,1-4H3,(H,26,29)(H,27,31)/t15-,33-/m1/s1. The second-order valence-electron chi connectivity index (χ2n) is 8.41. The number of halogens is 2. The van der Waals surface area contributed by atoms with Gasteiger partial charge in [0.2, 0.25) is 17.7 Å². The van der Waals surface area contributed by atoms with Gasteiger partial charge in [0.1, 0.15) is 29.2 Å². The Morgan fingerprint density at radius 1 is 1.00 bits per heavy atom. The van der Waals surface area contributed by atoms with Gasteiger partial charge in [-0.25, -0.2) is 8.78 Å². The molecular formula is C23H27F2N3O4S. The molecule has 33 heavy (non-hydrogen) atoms. The molecule has 0 fully saturated rings. The third-order valence-corrected chi connectivity index (χ3v) is 5.50. The van der Waals surface area contributed by atoms with Crippen molar-refractivity contribution in [3.8, 4) is 0 Å². The fourth-order valence-electron chi connectivity index (χ4n) is 2.93. The number of hydrogen-bond acceptors (Lipinski definition) is 4. The molecule has 3 amide bonds. The number of para-hydroxylation sites is 1. The van der Waals surface area contributed by atoms with Crippen LogP contribution in [0, 0.1) is 11.6 Å². The van der Waals surface area contributed by atoms with Gasteiger partial charge in [-0.2, -0.15) is 0 Å². The van der Waals surface area contributed by atoms with E-state index >= 15 is 0 Å². The predicted molar refractivity (Wildman–Crippen MR) is 124 cm³/mol. The number of anilines is 2. The predicted octanol–water partition coefficient (Wildman–Crippen LogP) is 2.99. The van der Waals surface area contributed by atoms with Crippen LogP contribution in [0.5, 0.6) is 0 Å². The molecule has 2 N–H and O–H groups in total. The molecule has 10 heteroatoms. The number of nitrogens with zero attached hydrogens (tertiary/aromatic N) is 1. The van der Waals surface area contributed by atoms with Crippen molar-refractivity contribution in [3.05, 3.63) is 60.2 Å². The quantitative estimate of drug-likeness (QED) is 0.609. The number of benzene rings is 2. The summed E-state index contributed by atoms with van der Waals surface area (Å²) in [4.78, 5) is 38.8. The Hall–Kier alpha value is -3.14. The van der Waals surface area contributed by atoms with Gasteiger partial charge in [0.05, 0.1) is 5.69 Å². The summed E-state index contributed by atoms with van der Waals surface area (Å²) in [6.45, 7) is 6.74. The maximum Gasteiger partial charge on any atom is 0.243 e. The van der Waals surface area contributed by atoms with Crippen LogP contribution in [0.3, 0.4) is 0 Å². The van der Waals surface area contributed by atoms with E-state index in [0.29, 0.717) is 5.69 Å². The van der Waals surface area contributed by atoms with E-state index in [0.717, 1.165) is 23.1 Å². The molecule has 0 saturated carbocycles. The van der Waals surface area contributed by atoms with Crippen molar-refractivity contribution >= 4 is 39.9 Å². The Morgan fingerprint density at radius 3 is 2.18 bits per heavy atom. The first kappa shape index (κ1) is 26.1. The van der Waals surface area contributed by atoms with E-state index in [-0.39, 0.29) is 5.69 Å². The van der Waals surface area contributed by atoms with Crippen LogP contribution in [0.2, 0.25) is 0 Å². The molecule has 2 aromatic carbocycles. The van der Waals surface area contributed by atoms with Crippen molar-refractivity contribution in [1.29, 1.82) is 0 Å². The molecule has 2 rings (SSSR count). The molecule has 0 radical (unpaired) electrons. The van der Waals surface area contributed by atoms with Gasteiger partial charge in [-0.3, -0.25) is 23.5 Å². The zero-order valence-electron chi connectivity index (χ0n) is 18.9. The monoisotopic (exact) mass is 479 g/mol. The van der Waals surface area contributed by atoms with Crippen LogP contribution in [0.4, 0.5) is 20.2 Å². The van der Waals surface area contributed by atoms with Crippen molar-refractivity contribution < 1.29 is 27.4 Å². The number of carbonyl (C=O) groups excluding carboxylic acids is 3. The highest BCUT2D eigenvalue weighted by Gasteiger charge is 2.32. The van der Waals surface area contributed by atoms with Gasteiger partial charge in [0.15, 0.2) is 0 Å². The highest BCUT2D eigenvalue weighted by Crippen LogP contribution is 2.22. The van der Waals surface area contributed by atoms with Gasteiger partial charge in [0, 0.05) is 22.0 Å². The minimum atomic E-state index is -1.94. The minimum Gasteiger partial charge on any atom is -0.350 e. The van der Waals surface area contributed by atoms with E-state index in [1.807, 2.05) is 0 Å². The maximum atomic E-state index is 14.5. The van der Waals surface area contributed by atoms with Gasteiger partial charge in [-0.15, -0.1) is 0 Å². The zero-order chi connectivity index (χ0) is 24.8. The van der Waals surface area contributed by atoms with Crippen LogP contribution in [0.15, 0.2) is 48.5 Å². The normalized spacial score (nSPS) is 13.0. The number of hydrogen-bond donors (Lipinski definition) is 2. The highest BCUT2D eigenvalue weighted by atomic mass is 32.2. The van der Waals surface area contributed by atoms with Crippen molar-refractivity contribution in [1.82, 2.24) is 5.32 Å². The van der Waals surface area contributed by atoms with Gasteiger partial charge in [-0.05, 0) is 64.1 Å². The SMILES string of the molecule is C[C@H](C(=O)NC(C)(C)C)N(C(=O)C[S@](=O)CC(=O)Nc1ccc(F)cc1)c1ccccc1F. The average Bonchev–Trinajstić information content (AvgIpc) is 2.69. The lowest BCUT2D eigenvalue weighted by atomic mass is 10.1. The zero-order valence-corrected chi connectivity index (χ0v) is 19.7. The lowest BCUT2D eigenvalue weighted by molar-refractivity contribution is -0.126. The number of rotatable bonds is 8. The largest absolute Gasteiger partial charge is 0.350 e. The fourth-order valence-corrected chi connectivity index (χ4v) is 3.81. The van der Waals surface area contributed by atoms with E-state index in [4.69, 9.17) is 0 Å². The summed E-state index contributed by atoms with van der Waals surface area (Å²) in [5, 5.41) is 5.20. The Kier molecular flexibility index (Phi) is 8.81. The summed E-state index contributed by atoms with van der Waals surface area (Å²) in [7, 11) is -1.94. The molecule has 2 atom stereocenters. The Balaban J connectivity index is 2.14. The topological polar surface area (TPSA) is 95.6 Å². The van der Waals surface area contributed by atoms with Gasteiger partial charge >= 0.3 is 0 Å². The summed E-state index contributed by atoms with van der Waals surface area (Å²) in [6.07, 6.45) is 0. The molecule has 2 aromatic rings. The molecular weight excluding hydrogens is 452 g/mol. The van der Waals surface area contributed by atoms with Crippen molar-refractivity contribution in [2.24, 2.45) is 0 Å². The molecule has 0 bridgehead atoms. The van der Waals surface area contributed by atoms with Crippen LogP contribution >= 0.6 is 0 Å². The summed E-state index contributed by atoms with van der Waals surface area (Å²) < 4.78 is 40.0. The molecule has 0 saturated heterocycles. The number of nitrogens with one attached hydrogen (secondary N) is 2. The lowest BCUT2D eigenvalue weighted by Crippen LogP contribution is -2.54. The van der Waals surface area contributed by atoms with Crippen molar-refractivity contribution in [2.75, 3.05) is 21.7 Å².